The van der Waals surface area contributed by atoms with Crippen LogP contribution in [0.25, 0.3) is 0 Å². The van der Waals surface area contributed by atoms with Crippen LogP contribution < -0.4 is 10.2 Å². The smallest absolute Gasteiger partial charge is 0.238 e. The van der Waals surface area contributed by atoms with Crippen molar-refractivity contribution in [1.29, 1.82) is 0 Å². The number of benzene rings is 2. The molecule has 2 aromatic carbocycles. The molecule has 2 aliphatic rings. The molecule has 1 aliphatic carbocycles. The predicted molar refractivity (Wildman–Crippen MR) is 121 cm³/mol. The highest BCUT2D eigenvalue weighted by Crippen LogP contribution is 2.33. The SMILES string of the molecule is O=C(CN1CCN(c2cccc(Cl)c2)CC1)Nc1ccc(C2CCCCC2)cc1. The molecular weight excluding hydrogens is 382 g/mol. The number of carbonyl (C=O) groups excluding carboxylic acids is 1. The maximum Gasteiger partial charge on any atom is 0.238 e. The summed E-state index contributed by atoms with van der Waals surface area (Å²) in [5.41, 5.74) is 3.46. The Morgan fingerprint density at radius 2 is 1.69 bits per heavy atom. The molecule has 154 valence electrons. The van der Waals surface area contributed by atoms with Crippen LogP contribution in [0.5, 0.6) is 0 Å². The topological polar surface area (TPSA) is 35.6 Å². The normalized spacial score (nSPS) is 18.6. The fourth-order valence-corrected chi connectivity index (χ4v) is 4.70. The predicted octanol–water partition coefficient (Wildman–Crippen LogP) is 5.15. The monoisotopic (exact) mass is 411 g/mol. The van der Waals surface area contributed by atoms with E-state index in [1.165, 1.54) is 37.7 Å². The van der Waals surface area contributed by atoms with Crippen LogP contribution in [0.4, 0.5) is 11.4 Å². The van der Waals surface area contributed by atoms with Gasteiger partial charge in [0.05, 0.1) is 6.54 Å². The van der Waals surface area contributed by atoms with Crippen LogP contribution in [0.2, 0.25) is 5.02 Å². The van der Waals surface area contributed by atoms with Gasteiger partial charge in [-0.1, -0.05) is 49.1 Å². The molecule has 1 aliphatic heterocycles. The van der Waals surface area contributed by atoms with Crippen molar-refractivity contribution >= 4 is 28.9 Å². The van der Waals surface area contributed by atoms with Gasteiger partial charge in [0.2, 0.25) is 5.91 Å². The van der Waals surface area contributed by atoms with Crippen molar-refractivity contribution in [3.8, 4) is 0 Å². The number of carbonyl (C=O) groups is 1. The highest BCUT2D eigenvalue weighted by molar-refractivity contribution is 6.30. The number of hydrogen-bond donors (Lipinski definition) is 1. The van der Waals surface area contributed by atoms with Gasteiger partial charge in [0.1, 0.15) is 0 Å². The van der Waals surface area contributed by atoms with E-state index in [2.05, 4.69) is 45.4 Å². The average Bonchev–Trinajstić information content (AvgIpc) is 2.75. The van der Waals surface area contributed by atoms with Gasteiger partial charge in [-0.2, -0.15) is 0 Å². The second kappa shape index (κ2) is 9.64. The third-order valence-electron chi connectivity index (χ3n) is 6.18. The molecule has 1 N–H and O–H groups in total. The van der Waals surface area contributed by atoms with Gasteiger partial charge in [-0.05, 0) is 54.7 Å². The lowest BCUT2D eigenvalue weighted by molar-refractivity contribution is -0.117. The number of piperazine rings is 1. The zero-order valence-corrected chi connectivity index (χ0v) is 17.7. The van der Waals surface area contributed by atoms with Gasteiger partial charge in [-0.25, -0.2) is 0 Å². The maximum atomic E-state index is 12.5. The van der Waals surface area contributed by atoms with Crippen LogP contribution >= 0.6 is 11.6 Å². The Hall–Kier alpha value is -2.04. The van der Waals surface area contributed by atoms with E-state index in [1.54, 1.807) is 0 Å². The molecule has 29 heavy (non-hydrogen) atoms. The van der Waals surface area contributed by atoms with Gasteiger partial charge in [-0.3, -0.25) is 9.69 Å². The van der Waals surface area contributed by atoms with E-state index in [9.17, 15) is 4.79 Å². The standard InChI is InChI=1S/C24H30ClN3O/c25-21-7-4-8-23(17-21)28-15-13-27(14-16-28)18-24(29)26-22-11-9-20(10-12-22)19-5-2-1-3-6-19/h4,7-12,17,19H,1-3,5-6,13-16,18H2,(H,26,29). The molecule has 2 fully saturated rings. The largest absolute Gasteiger partial charge is 0.369 e. The van der Waals surface area contributed by atoms with Gasteiger partial charge in [0.25, 0.3) is 0 Å². The maximum absolute atomic E-state index is 12.5. The van der Waals surface area contributed by atoms with Gasteiger partial charge < -0.3 is 10.2 Å². The second-order valence-corrected chi connectivity index (χ2v) is 8.68. The van der Waals surface area contributed by atoms with E-state index in [4.69, 9.17) is 11.6 Å². The van der Waals surface area contributed by atoms with Crippen LogP contribution in [-0.2, 0) is 4.79 Å². The number of nitrogens with zero attached hydrogens (tertiary/aromatic N) is 2. The number of amides is 1. The van der Waals surface area contributed by atoms with E-state index in [-0.39, 0.29) is 5.91 Å². The molecule has 1 amide bonds. The van der Waals surface area contributed by atoms with Gasteiger partial charge in [0.15, 0.2) is 0 Å². The molecule has 0 atom stereocenters. The first kappa shape index (κ1) is 20.2. The highest BCUT2D eigenvalue weighted by atomic mass is 35.5. The van der Waals surface area contributed by atoms with Crippen LogP contribution in [0.15, 0.2) is 48.5 Å². The Balaban J connectivity index is 1.24. The lowest BCUT2D eigenvalue weighted by Gasteiger charge is -2.35. The van der Waals surface area contributed by atoms with E-state index in [0.29, 0.717) is 12.5 Å². The third kappa shape index (κ3) is 5.52. The fraction of sp³-hybridized carbons (Fsp3) is 0.458. The Bertz CT molecular complexity index is 809. The zero-order chi connectivity index (χ0) is 20.1. The summed E-state index contributed by atoms with van der Waals surface area (Å²) < 4.78 is 0. The van der Waals surface area contributed by atoms with Gasteiger partial charge in [0, 0.05) is 42.6 Å². The lowest BCUT2D eigenvalue weighted by atomic mass is 9.84. The highest BCUT2D eigenvalue weighted by Gasteiger charge is 2.20. The Labute approximate surface area is 178 Å². The summed E-state index contributed by atoms with van der Waals surface area (Å²) in [6.07, 6.45) is 6.65. The molecule has 5 heteroatoms. The number of hydrogen-bond acceptors (Lipinski definition) is 3. The summed E-state index contributed by atoms with van der Waals surface area (Å²) in [6, 6.07) is 16.5. The van der Waals surface area contributed by atoms with Gasteiger partial charge >= 0.3 is 0 Å². The molecule has 0 spiro atoms. The summed E-state index contributed by atoms with van der Waals surface area (Å²) in [7, 11) is 0. The summed E-state index contributed by atoms with van der Waals surface area (Å²) in [5.74, 6) is 0.760. The lowest BCUT2D eigenvalue weighted by Crippen LogP contribution is -2.48. The number of halogens is 1. The number of rotatable bonds is 5. The second-order valence-electron chi connectivity index (χ2n) is 8.25. The Morgan fingerprint density at radius 1 is 0.966 bits per heavy atom. The number of nitrogens with one attached hydrogen (secondary N) is 1. The minimum atomic E-state index is 0.0617. The van der Waals surface area contributed by atoms with Crippen molar-refractivity contribution in [2.45, 2.75) is 38.0 Å². The average molecular weight is 412 g/mol. The minimum absolute atomic E-state index is 0.0617. The molecule has 4 rings (SSSR count). The van der Waals surface area contributed by atoms with E-state index >= 15 is 0 Å². The van der Waals surface area contributed by atoms with Crippen LogP contribution in [0.3, 0.4) is 0 Å². The van der Waals surface area contributed by atoms with E-state index < -0.39 is 0 Å². The molecule has 0 aromatic heterocycles. The summed E-state index contributed by atoms with van der Waals surface area (Å²) in [4.78, 5) is 17.0. The molecule has 1 heterocycles. The summed E-state index contributed by atoms with van der Waals surface area (Å²) in [6.45, 7) is 4.00. The van der Waals surface area contributed by atoms with Crippen molar-refractivity contribution < 1.29 is 4.79 Å². The molecule has 0 bridgehead atoms. The fourth-order valence-electron chi connectivity index (χ4n) is 4.52. The number of anilines is 2. The first-order chi connectivity index (χ1) is 14.2. The van der Waals surface area contributed by atoms with Crippen molar-refractivity contribution in [2.24, 2.45) is 0 Å². The van der Waals surface area contributed by atoms with E-state index in [1.807, 2.05) is 18.2 Å². The van der Waals surface area contributed by atoms with Crippen molar-refractivity contribution in [3.63, 3.8) is 0 Å². The molecule has 2 aromatic rings. The summed E-state index contributed by atoms with van der Waals surface area (Å²) >= 11 is 6.10. The van der Waals surface area contributed by atoms with Crippen molar-refractivity contribution in [1.82, 2.24) is 4.90 Å². The van der Waals surface area contributed by atoms with Gasteiger partial charge in [-0.15, -0.1) is 0 Å². The zero-order valence-electron chi connectivity index (χ0n) is 16.9. The van der Waals surface area contributed by atoms with Crippen LogP contribution in [-0.4, -0.2) is 43.5 Å². The minimum Gasteiger partial charge on any atom is -0.369 e. The molecule has 4 nitrogen and oxygen atoms in total. The van der Waals surface area contributed by atoms with Crippen LogP contribution in [0.1, 0.15) is 43.6 Å². The van der Waals surface area contributed by atoms with Crippen molar-refractivity contribution in [3.05, 3.63) is 59.1 Å². The first-order valence-electron chi connectivity index (χ1n) is 10.8. The van der Waals surface area contributed by atoms with Crippen molar-refractivity contribution in [2.75, 3.05) is 42.9 Å². The van der Waals surface area contributed by atoms with Crippen LogP contribution in [0, 0.1) is 0 Å². The first-order valence-corrected chi connectivity index (χ1v) is 11.2. The molecular formula is C24H30ClN3O. The molecule has 0 radical (unpaired) electrons. The van der Waals surface area contributed by atoms with E-state index in [0.717, 1.165) is 42.6 Å². The Kier molecular flexibility index (Phi) is 6.73. The molecule has 1 saturated heterocycles. The molecule has 1 saturated carbocycles. The summed E-state index contributed by atoms with van der Waals surface area (Å²) in [5, 5.41) is 3.82. The Morgan fingerprint density at radius 3 is 2.38 bits per heavy atom. The molecule has 0 unspecified atom stereocenters. The quantitative estimate of drug-likeness (QED) is 0.739. The third-order valence-corrected chi connectivity index (χ3v) is 6.42.